The summed E-state index contributed by atoms with van der Waals surface area (Å²) in [6.07, 6.45) is 2.99. The topological polar surface area (TPSA) is 38.8 Å². The fourth-order valence-electron chi connectivity index (χ4n) is 2.63. The van der Waals surface area contributed by atoms with Crippen molar-refractivity contribution in [2.24, 2.45) is 5.92 Å². The molecular formula is C16H22INO3. The maximum absolute atomic E-state index is 11.6. The van der Waals surface area contributed by atoms with Gasteiger partial charge in [0.1, 0.15) is 5.75 Å². The highest BCUT2D eigenvalue weighted by Crippen LogP contribution is 2.18. The van der Waals surface area contributed by atoms with Gasteiger partial charge in [-0.1, -0.05) is 0 Å². The molecular weight excluding hydrogens is 381 g/mol. The lowest BCUT2D eigenvalue weighted by Crippen LogP contribution is -2.39. The number of hydrogen-bond acceptors (Lipinski definition) is 4. The molecule has 1 aliphatic heterocycles. The Hall–Kier alpha value is -0.820. The van der Waals surface area contributed by atoms with E-state index in [1.54, 1.807) is 0 Å². The Balaban J connectivity index is 1.66. The van der Waals surface area contributed by atoms with Gasteiger partial charge in [-0.05, 0) is 72.7 Å². The van der Waals surface area contributed by atoms with E-state index in [2.05, 4.69) is 27.5 Å². The van der Waals surface area contributed by atoms with Gasteiger partial charge in [-0.3, -0.25) is 4.79 Å². The van der Waals surface area contributed by atoms with Gasteiger partial charge in [-0.15, -0.1) is 0 Å². The van der Waals surface area contributed by atoms with Crippen molar-refractivity contribution in [3.05, 3.63) is 27.8 Å². The minimum absolute atomic E-state index is 0.0425. The van der Waals surface area contributed by atoms with Crippen LogP contribution in [-0.4, -0.2) is 44.2 Å². The molecule has 5 heteroatoms. The van der Waals surface area contributed by atoms with Crippen LogP contribution in [0, 0.1) is 9.49 Å². The molecule has 1 saturated heterocycles. The molecule has 1 fully saturated rings. The molecule has 1 aliphatic rings. The number of ether oxygens (including phenoxy) is 2. The molecule has 4 nitrogen and oxygen atoms in total. The third-order valence-electron chi connectivity index (χ3n) is 3.74. The van der Waals surface area contributed by atoms with E-state index in [-0.39, 0.29) is 11.9 Å². The monoisotopic (exact) mass is 403 g/mol. The van der Waals surface area contributed by atoms with E-state index in [0.29, 0.717) is 6.61 Å². The SMILES string of the molecule is COC(=O)C1CCCN(CCCOc2ccc(I)cc2)C1. The van der Waals surface area contributed by atoms with Crippen molar-refractivity contribution in [1.29, 1.82) is 0 Å². The molecule has 1 heterocycles. The van der Waals surface area contributed by atoms with Crippen molar-refractivity contribution < 1.29 is 14.3 Å². The van der Waals surface area contributed by atoms with Gasteiger partial charge in [0.15, 0.2) is 0 Å². The summed E-state index contributed by atoms with van der Waals surface area (Å²) in [4.78, 5) is 13.9. The Morgan fingerprint density at radius 3 is 2.86 bits per heavy atom. The highest BCUT2D eigenvalue weighted by atomic mass is 127. The highest BCUT2D eigenvalue weighted by molar-refractivity contribution is 14.1. The van der Waals surface area contributed by atoms with Gasteiger partial charge in [-0.25, -0.2) is 0 Å². The van der Waals surface area contributed by atoms with Crippen molar-refractivity contribution >= 4 is 28.6 Å². The van der Waals surface area contributed by atoms with Crippen LogP contribution in [-0.2, 0) is 9.53 Å². The van der Waals surface area contributed by atoms with Crippen LogP contribution in [0.1, 0.15) is 19.3 Å². The molecule has 116 valence electrons. The maximum Gasteiger partial charge on any atom is 0.309 e. The first-order valence-corrected chi connectivity index (χ1v) is 8.45. The van der Waals surface area contributed by atoms with Crippen LogP contribution in [0.4, 0.5) is 0 Å². The summed E-state index contributed by atoms with van der Waals surface area (Å²) >= 11 is 2.28. The predicted molar refractivity (Wildman–Crippen MR) is 90.5 cm³/mol. The van der Waals surface area contributed by atoms with Gasteiger partial charge in [-0.2, -0.15) is 0 Å². The quantitative estimate of drug-likeness (QED) is 0.416. The molecule has 0 aromatic heterocycles. The first-order valence-electron chi connectivity index (χ1n) is 7.37. The number of halogens is 1. The lowest BCUT2D eigenvalue weighted by molar-refractivity contribution is -0.147. The number of esters is 1. The lowest BCUT2D eigenvalue weighted by atomic mass is 9.98. The lowest BCUT2D eigenvalue weighted by Gasteiger charge is -2.31. The Kier molecular flexibility index (Phi) is 6.76. The van der Waals surface area contributed by atoms with Crippen molar-refractivity contribution in [2.45, 2.75) is 19.3 Å². The fourth-order valence-corrected chi connectivity index (χ4v) is 2.99. The second kappa shape index (κ2) is 8.58. The maximum atomic E-state index is 11.6. The first-order chi connectivity index (χ1) is 10.2. The number of carbonyl (C=O) groups is 1. The van der Waals surface area contributed by atoms with Crippen molar-refractivity contribution in [1.82, 2.24) is 4.90 Å². The Bertz CT molecular complexity index is 449. The van der Waals surface area contributed by atoms with Crippen molar-refractivity contribution in [3.8, 4) is 5.75 Å². The zero-order chi connectivity index (χ0) is 15.1. The molecule has 2 rings (SSSR count). The molecule has 0 bridgehead atoms. The van der Waals surface area contributed by atoms with Gasteiger partial charge in [0.2, 0.25) is 0 Å². The second-order valence-electron chi connectivity index (χ2n) is 5.32. The Labute approximate surface area is 139 Å². The molecule has 0 aliphatic carbocycles. The number of nitrogens with zero attached hydrogens (tertiary/aromatic N) is 1. The third-order valence-corrected chi connectivity index (χ3v) is 4.46. The molecule has 0 spiro atoms. The zero-order valence-electron chi connectivity index (χ0n) is 12.4. The second-order valence-corrected chi connectivity index (χ2v) is 6.56. The fraction of sp³-hybridized carbons (Fsp3) is 0.562. The number of rotatable bonds is 6. The van der Waals surface area contributed by atoms with Crippen molar-refractivity contribution in [2.75, 3.05) is 33.4 Å². The minimum Gasteiger partial charge on any atom is -0.494 e. The predicted octanol–water partition coefficient (Wildman–Crippen LogP) is 2.95. The van der Waals surface area contributed by atoms with E-state index >= 15 is 0 Å². The number of likely N-dealkylation sites (tertiary alicyclic amines) is 1. The number of hydrogen-bond donors (Lipinski definition) is 0. The number of carbonyl (C=O) groups excluding carboxylic acids is 1. The zero-order valence-corrected chi connectivity index (χ0v) is 14.5. The average Bonchev–Trinajstić information content (AvgIpc) is 2.53. The molecule has 0 amide bonds. The van der Waals surface area contributed by atoms with Gasteiger partial charge < -0.3 is 14.4 Å². The largest absolute Gasteiger partial charge is 0.494 e. The van der Waals surface area contributed by atoms with Crippen LogP contribution in [0.5, 0.6) is 5.75 Å². The number of piperidine rings is 1. The Morgan fingerprint density at radius 2 is 2.14 bits per heavy atom. The molecule has 0 N–H and O–H groups in total. The summed E-state index contributed by atoms with van der Waals surface area (Å²) in [5.74, 6) is 0.886. The van der Waals surface area contributed by atoms with Gasteiger partial charge in [0.05, 0.1) is 19.6 Å². The molecule has 0 radical (unpaired) electrons. The van der Waals surface area contributed by atoms with Crippen LogP contribution in [0.15, 0.2) is 24.3 Å². The summed E-state index contributed by atoms with van der Waals surface area (Å²) in [5.41, 5.74) is 0. The molecule has 1 atom stereocenters. The van der Waals surface area contributed by atoms with Gasteiger partial charge >= 0.3 is 5.97 Å². The van der Waals surface area contributed by atoms with Crippen LogP contribution in [0.25, 0.3) is 0 Å². The molecule has 21 heavy (non-hydrogen) atoms. The standard InChI is InChI=1S/C16H22INO3/c1-20-16(19)13-4-2-9-18(12-13)10-3-11-21-15-7-5-14(17)6-8-15/h5-8,13H,2-4,9-12H2,1H3. The first kappa shape index (κ1) is 16.5. The van der Waals surface area contributed by atoms with Gasteiger partial charge in [0, 0.05) is 16.7 Å². The summed E-state index contributed by atoms with van der Waals surface area (Å²) in [6, 6.07) is 8.08. The summed E-state index contributed by atoms with van der Waals surface area (Å²) in [6.45, 7) is 3.56. The van der Waals surface area contributed by atoms with E-state index in [1.165, 1.54) is 10.7 Å². The molecule has 1 unspecified atom stereocenters. The third kappa shape index (κ3) is 5.47. The minimum atomic E-state index is -0.0742. The summed E-state index contributed by atoms with van der Waals surface area (Å²) in [7, 11) is 1.47. The summed E-state index contributed by atoms with van der Waals surface area (Å²) < 4.78 is 11.8. The normalized spacial score (nSPS) is 19.2. The number of benzene rings is 1. The van der Waals surface area contributed by atoms with E-state index in [1.807, 2.05) is 24.3 Å². The number of methoxy groups -OCH3 is 1. The molecule has 0 saturated carbocycles. The van der Waals surface area contributed by atoms with Crippen LogP contribution >= 0.6 is 22.6 Å². The van der Waals surface area contributed by atoms with Crippen LogP contribution in [0.2, 0.25) is 0 Å². The van der Waals surface area contributed by atoms with Crippen LogP contribution in [0.3, 0.4) is 0 Å². The van der Waals surface area contributed by atoms with Gasteiger partial charge in [0.25, 0.3) is 0 Å². The molecule has 1 aromatic carbocycles. The van der Waals surface area contributed by atoms with E-state index in [0.717, 1.165) is 44.6 Å². The van der Waals surface area contributed by atoms with E-state index < -0.39 is 0 Å². The van der Waals surface area contributed by atoms with E-state index in [9.17, 15) is 4.79 Å². The van der Waals surface area contributed by atoms with E-state index in [4.69, 9.17) is 9.47 Å². The average molecular weight is 403 g/mol. The summed E-state index contributed by atoms with van der Waals surface area (Å²) in [5, 5.41) is 0. The highest BCUT2D eigenvalue weighted by Gasteiger charge is 2.25. The van der Waals surface area contributed by atoms with Crippen LogP contribution < -0.4 is 4.74 Å². The van der Waals surface area contributed by atoms with Crippen molar-refractivity contribution in [3.63, 3.8) is 0 Å². The molecule has 1 aromatic rings. The Morgan fingerprint density at radius 1 is 1.38 bits per heavy atom. The smallest absolute Gasteiger partial charge is 0.309 e.